The van der Waals surface area contributed by atoms with Gasteiger partial charge in [-0.25, -0.2) is 9.78 Å². The zero-order valence-corrected chi connectivity index (χ0v) is 12.7. The summed E-state index contributed by atoms with van der Waals surface area (Å²) in [5.41, 5.74) is 1.53. The molecule has 0 unspecified atom stereocenters. The van der Waals surface area contributed by atoms with E-state index in [1.807, 2.05) is 19.1 Å². The predicted octanol–water partition coefficient (Wildman–Crippen LogP) is 2.75. The van der Waals surface area contributed by atoms with Crippen LogP contribution in [0.1, 0.15) is 21.1 Å². The van der Waals surface area contributed by atoms with E-state index in [-0.39, 0.29) is 11.6 Å². The zero-order valence-electron chi connectivity index (χ0n) is 11.9. The van der Waals surface area contributed by atoms with Gasteiger partial charge in [-0.05, 0) is 24.6 Å². The van der Waals surface area contributed by atoms with E-state index in [0.29, 0.717) is 22.9 Å². The lowest BCUT2D eigenvalue weighted by atomic mass is 10.2. The van der Waals surface area contributed by atoms with Crippen LogP contribution in [0.25, 0.3) is 0 Å². The number of hydrogen-bond acceptors (Lipinski definition) is 6. The van der Waals surface area contributed by atoms with Crippen molar-refractivity contribution in [1.82, 2.24) is 4.98 Å². The average molecular weight is 309 g/mol. The zero-order chi connectivity index (χ0) is 15.4. The molecule has 0 bridgehead atoms. The summed E-state index contributed by atoms with van der Waals surface area (Å²) in [4.78, 5) is 14.8. The summed E-state index contributed by atoms with van der Waals surface area (Å²) in [7, 11) is 3.10. The van der Waals surface area contributed by atoms with Gasteiger partial charge < -0.3 is 19.3 Å². The molecule has 21 heavy (non-hydrogen) atoms. The van der Waals surface area contributed by atoms with Gasteiger partial charge in [0.25, 0.3) is 0 Å². The number of carboxylic acids is 1. The first-order valence-corrected chi connectivity index (χ1v) is 6.96. The van der Waals surface area contributed by atoms with Crippen molar-refractivity contribution < 1.29 is 24.1 Å². The molecule has 1 heterocycles. The molecule has 0 aliphatic rings. The van der Waals surface area contributed by atoms with Gasteiger partial charge in [-0.1, -0.05) is 0 Å². The maximum atomic E-state index is 10.8. The fourth-order valence-electron chi connectivity index (χ4n) is 1.77. The van der Waals surface area contributed by atoms with E-state index in [0.717, 1.165) is 16.9 Å². The molecule has 0 aliphatic carbocycles. The molecular weight excluding hydrogens is 294 g/mol. The van der Waals surface area contributed by atoms with Gasteiger partial charge >= 0.3 is 5.97 Å². The SMILES string of the molecule is COc1cc(C)cc(OC)c1OCc1csc(C(=O)O)n1. The molecule has 7 heteroatoms. The minimum Gasteiger partial charge on any atom is -0.493 e. The number of aromatic carboxylic acids is 1. The highest BCUT2D eigenvalue weighted by molar-refractivity contribution is 7.11. The number of aryl methyl sites for hydroxylation is 1. The molecule has 1 N–H and O–H groups in total. The van der Waals surface area contributed by atoms with Crippen molar-refractivity contribution in [3.63, 3.8) is 0 Å². The summed E-state index contributed by atoms with van der Waals surface area (Å²) in [5.74, 6) is 0.535. The molecule has 0 spiro atoms. The van der Waals surface area contributed by atoms with Crippen LogP contribution in [0.5, 0.6) is 17.2 Å². The second kappa shape index (κ2) is 6.45. The Hall–Kier alpha value is -2.28. The lowest BCUT2D eigenvalue weighted by Crippen LogP contribution is -2.02. The van der Waals surface area contributed by atoms with Crippen LogP contribution >= 0.6 is 11.3 Å². The van der Waals surface area contributed by atoms with Gasteiger partial charge in [0.2, 0.25) is 10.8 Å². The Morgan fingerprint density at radius 2 is 1.90 bits per heavy atom. The molecule has 0 atom stereocenters. The van der Waals surface area contributed by atoms with E-state index >= 15 is 0 Å². The number of methoxy groups -OCH3 is 2. The van der Waals surface area contributed by atoms with Crippen molar-refractivity contribution >= 4 is 17.3 Å². The molecule has 0 fully saturated rings. The van der Waals surface area contributed by atoms with Crippen LogP contribution in [-0.2, 0) is 6.61 Å². The standard InChI is InChI=1S/C14H15NO5S/c1-8-4-10(18-2)12(11(5-8)19-3)20-6-9-7-21-13(15-9)14(16)17/h4-5,7H,6H2,1-3H3,(H,16,17). The summed E-state index contributed by atoms with van der Waals surface area (Å²) in [6.07, 6.45) is 0. The largest absolute Gasteiger partial charge is 0.493 e. The Bertz CT molecular complexity index is 628. The third kappa shape index (κ3) is 3.43. The Labute approximate surface area is 125 Å². The number of benzene rings is 1. The fraction of sp³-hybridized carbons (Fsp3) is 0.286. The lowest BCUT2D eigenvalue weighted by Gasteiger charge is -2.14. The van der Waals surface area contributed by atoms with Crippen LogP contribution in [0.4, 0.5) is 0 Å². The van der Waals surface area contributed by atoms with Gasteiger partial charge in [0.05, 0.1) is 19.9 Å². The fourth-order valence-corrected chi connectivity index (χ4v) is 2.41. The molecule has 2 aromatic rings. The molecule has 112 valence electrons. The quantitative estimate of drug-likeness (QED) is 0.884. The molecule has 0 aliphatic heterocycles. The number of aromatic nitrogens is 1. The topological polar surface area (TPSA) is 77.9 Å². The maximum absolute atomic E-state index is 10.8. The van der Waals surface area contributed by atoms with Crippen molar-refractivity contribution in [3.05, 3.63) is 33.8 Å². The third-order valence-electron chi connectivity index (χ3n) is 2.70. The molecule has 0 saturated heterocycles. The van der Waals surface area contributed by atoms with Gasteiger partial charge in [-0.15, -0.1) is 11.3 Å². The number of carbonyl (C=O) groups is 1. The van der Waals surface area contributed by atoms with Crippen molar-refractivity contribution in [1.29, 1.82) is 0 Å². The maximum Gasteiger partial charge on any atom is 0.365 e. The predicted molar refractivity (Wildman–Crippen MR) is 77.7 cm³/mol. The minimum atomic E-state index is -1.04. The summed E-state index contributed by atoms with van der Waals surface area (Å²) in [5, 5.41) is 10.5. The van der Waals surface area contributed by atoms with Gasteiger partial charge in [-0.3, -0.25) is 0 Å². The van der Waals surface area contributed by atoms with Crippen molar-refractivity contribution in [3.8, 4) is 17.2 Å². The van der Waals surface area contributed by atoms with Crippen LogP contribution in [0.15, 0.2) is 17.5 Å². The molecule has 0 radical (unpaired) electrons. The van der Waals surface area contributed by atoms with Crippen LogP contribution in [0, 0.1) is 6.92 Å². The van der Waals surface area contributed by atoms with Crippen LogP contribution in [-0.4, -0.2) is 30.3 Å². The summed E-state index contributed by atoms with van der Waals surface area (Å²) in [6, 6.07) is 3.67. The molecule has 6 nitrogen and oxygen atoms in total. The molecular formula is C14H15NO5S. The summed E-state index contributed by atoms with van der Waals surface area (Å²) < 4.78 is 16.3. The summed E-state index contributed by atoms with van der Waals surface area (Å²) in [6.45, 7) is 2.06. The monoisotopic (exact) mass is 309 g/mol. The Kier molecular flexibility index (Phi) is 4.64. The molecule has 0 saturated carbocycles. The van der Waals surface area contributed by atoms with Crippen LogP contribution in [0.3, 0.4) is 0 Å². The highest BCUT2D eigenvalue weighted by Gasteiger charge is 2.15. The van der Waals surface area contributed by atoms with Crippen LogP contribution in [0.2, 0.25) is 0 Å². The number of hydrogen-bond donors (Lipinski definition) is 1. The first-order chi connectivity index (χ1) is 10.0. The van der Waals surface area contributed by atoms with E-state index < -0.39 is 5.97 Å². The van der Waals surface area contributed by atoms with E-state index in [4.69, 9.17) is 19.3 Å². The van der Waals surface area contributed by atoms with Crippen molar-refractivity contribution in [2.75, 3.05) is 14.2 Å². The second-order valence-electron chi connectivity index (χ2n) is 4.24. The Balaban J connectivity index is 2.20. The Morgan fingerprint density at radius 1 is 1.29 bits per heavy atom. The average Bonchev–Trinajstić information content (AvgIpc) is 2.94. The first kappa shape index (κ1) is 15.1. The second-order valence-corrected chi connectivity index (χ2v) is 5.09. The van der Waals surface area contributed by atoms with E-state index in [2.05, 4.69) is 4.98 Å². The number of rotatable bonds is 6. The normalized spacial score (nSPS) is 10.2. The van der Waals surface area contributed by atoms with E-state index in [9.17, 15) is 4.79 Å². The minimum absolute atomic E-state index is 0.0384. The molecule has 0 amide bonds. The first-order valence-electron chi connectivity index (χ1n) is 6.08. The van der Waals surface area contributed by atoms with Gasteiger partial charge in [0, 0.05) is 5.38 Å². The highest BCUT2D eigenvalue weighted by atomic mass is 32.1. The number of ether oxygens (including phenoxy) is 3. The number of carboxylic acid groups (broad SMARTS) is 1. The number of nitrogens with zero attached hydrogens (tertiary/aromatic N) is 1. The van der Waals surface area contributed by atoms with E-state index in [1.165, 1.54) is 0 Å². The molecule has 2 rings (SSSR count). The van der Waals surface area contributed by atoms with Gasteiger partial charge in [0.1, 0.15) is 6.61 Å². The van der Waals surface area contributed by atoms with Crippen LogP contribution < -0.4 is 14.2 Å². The highest BCUT2D eigenvalue weighted by Crippen LogP contribution is 2.38. The smallest absolute Gasteiger partial charge is 0.365 e. The lowest BCUT2D eigenvalue weighted by molar-refractivity contribution is 0.0696. The molecule has 1 aromatic heterocycles. The Morgan fingerprint density at radius 3 is 2.38 bits per heavy atom. The molecule has 1 aromatic carbocycles. The number of thiazole rings is 1. The third-order valence-corrected chi connectivity index (χ3v) is 3.58. The van der Waals surface area contributed by atoms with Gasteiger partial charge in [-0.2, -0.15) is 0 Å². The van der Waals surface area contributed by atoms with E-state index in [1.54, 1.807) is 19.6 Å². The van der Waals surface area contributed by atoms with Gasteiger partial charge in [0.15, 0.2) is 11.5 Å². The van der Waals surface area contributed by atoms with Crippen molar-refractivity contribution in [2.24, 2.45) is 0 Å². The summed E-state index contributed by atoms with van der Waals surface area (Å²) >= 11 is 1.06. The van der Waals surface area contributed by atoms with Crippen molar-refractivity contribution in [2.45, 2.75) is 13.5 Å².